The van der Waals surface area contributed by atoms with Gasteiger partial charge in [0, 0.05) is 12.8 Å². The number of hydrogen-bond acceptors (Lipinski definition) is 7. The van der Waals surface area contributed by atoms with E-state index in [1.54, 1.807) is 0 Å². The topological polar surface area (TPSA) is 108 Å². The first kappa shape index (κ1) is 34.0. The maximum Gasteiger partial charge on any atom is 0.472 e. The zero-order chi connectivity index (χ0) is 26.6. The lowest BCUT2D eigenvalue weighted by Gasteiger charge is -2.24. The predicted molar refractivity (Wildman–Crippen MR) is 137 cm³/mol. The maximum atomic E-state index is 12.3. The van der Waals surface area contributed by atoms with Crippen LogP contribution < -0.4 is 0 Å². The molecule has 0 heterocycles. The Morgan fingerprint density at radius 1 is 0.771 bits per heavy atom. The second-order valence-corrected chi connectivity index (χ2v) is 11.5. The zero-order valence-electron chi connectivity index (χ0n) is 22.8. The number of likely N-dealkylation sites (N-methyl/N-ethyl adjacent to an activating group) is 1. The Morgan fingerprint density at radius 3 is 1.89 bits per heavy atom. The van der Waals surface area contributed by atoms with Crippen LogP contribution in [0.3, 0.4) is 0 Å². The molecule has 2 unspecified atom stereocenters. The van der Waals surface area contributed by atoms with Gasteiger partial charge in [-0.2, -0.15) is 0 Å². The lowest BCUT2D eigenvalue weighted by Crippen LogP contribution is -2.37. The van der Waals surface area contributed by atoms with Crippen LogP contribution in [-0.2, 0) is 32.7 Å². The van der Waals surface area contributed by atoms with Crippen molar-refractivity contribution in [1.29, 1.82) is 0 Å². The van der Waals surface area contributed by atoms with Crippen molar-refractivity contribution in [2.24, 2.45) is 0 Å². The molecule has 0 aliphatic heterocycles. The summed E-state index contributed by atoms with van der Waals surface area (Å²) in [7, 11) is 1.47. The molecule has 208 valence electrons. The van der Waals surface area contributed by atoms with Gasteiger partial charge in [0.2, 0.25) is 0 Å². The Bertz CT molecular complexity index is 609. The minimum Gasteiger partial charge on any atom is -0.462 e. The Kier molecular flexibility index (Phi) is 19.5. The smallest absolute Gasteiger partial charge is 0.462 e. The Balaban J connectivity index is 4.38. The van der Waals surface area contributed by atoms with Crippen LogP contribution in [0, 0.1) is 0 Å². The second kappa shape index (κ2) is 20.1. The molecular formula is C25H51NO8P+. The number of hydrogen-bond donors (Lipinski definition) is 1. The summed E-state index contributed by atoms with van der Waals surface area (Å²) in [4.78, 5) is 33.9. The predicted octanol–water partition coefficient (Wildman–Crippen LogP) is 5.39. The average molecular weight is 525 g/mol. The van der Waals surface area contributed by atoms with E-state index in [4.69, 9.17) is 18.5 Å². The molecule has 0 radical (unpaired) electrons. The van der Waals surface area contributed by atoms with Gasteiger partial charge in [-0.1, -0.05) is 71.6 Å². The average Bonchev–Trinajstić information content (AvgIpc) is 2.76. The van der Waals surface area contributed by atoms with Crippen molar-refractivity contribution in [3.05, 3.63) is 0 Å². The van der Waals surface area contributed by atoms with Crippen LogP contribution in [0.1, 0.15) is 97.3 Å². The van der Waals surface area contributed by atoms with Crippen LogP contribution in [0.4, 0.5) is 0 Å². The molecule has 0 aromatic heterocycles. The van der Waals surface area contributed by atoms with Crippen molar-refractivity contribution in [2.75, 3.05) is 47.5 Å². The molecular weight excluding hydrogens is 473 g/mol. The van der Waals surface area contributed by atoms with Gasteiger partial charge in [0.05, 0.1) is 27.7 Å². The number of nitrogens with zero attached hydrogens (tertiary/aromatic N) is 1. The molecule has 0 fully saturated rings. The molecule has 0 spiro atoms. The molecule has 1 N–H and O–H groups in total. The van der Waals surface area contributed by atoms with Crippen LogP contribution in [0.5, 0.6) is 0 Å². The van der Waals surface area contributed by atoms with E-state index < -0.39 is 32.5 Å². The fourth-order valence-electron chi connectivity index (χ4n) is 3.22. The highest BCUT2D eigenvalue weighted by Crippen LogP contribution is 2.43. The molecule has 0 rings (SSSR count). The van der Waals surface area contributed by atoms with Gasteiger partial charge in [-0.05, 0) is 12.8 Å². The minimum absolute atomic E-state index is 0.0337. The van der Waals surface area contributed by atoms with Gasteiger partial charge in [-0.25, -0.2) is 4.57 Å². The first-order valence-electron chi connectivity index (χ1n) is 13.3. The minimum atomic E-state index is -4.32. The quantitative estimate of drug-likeness (QED) is 0.0820. The summed E-state index contributed by atoms with van der Waals surface area (Å²) in [6.45, 7) is 3.98. The summed E-state index contributed by atoms with van der Waals surface area (Å²) >= 11 is 0. The molecule has 0 aromatic rings. The van der Waals surface area contributed by atoms with E-state index in [1.165, 1.54) is 44.9 Å². The molecule has 0 aromatic carbocycles. The molecule has 0 bridgehead atoms. The molecule has 0 saturated carbocycles. The number of esters is 2. The lowest BCUT2D eigenvalue weighted by atomic mass is 10.1. The summed E-state index contributed by atoms with van der Waals surface area (Å²) in [5.74, 6) is -0.863. The van der Waals surface area contributed by atoms with E-state index >= 15 is 0 Å². The van der Waals surface area contributed by atoms with Gasteiger partial charge in [0.1, 0.15) is 19.8 Å². The fourth-order valence-corrected chi connectivity index (χ4v) is 3.97. The van der Waals surface area contributed by atoms with Crippen molar-refractivity contribution < 1.29 is 42.1 Å². The van der Waals surface area contributed by atoms with E-state index in [9.17, 15) is 19.0 Å². The number of unbranched alkanes of at least 4 members (excludes halogenated alkanes) is 9. The number of carbonyl (C=O) groups is 2. The third kappa shape index (κ3) is 23.2. The third-order valence-electron chi connectivity index (χ3n) is 5.36. The van der Waals surface area contributed by atoms with Gasteiger partial charge >= 0.3 is 19.8 Å². The van der Waals surface area contributed by atoms with Crippen LogP contribution in [0.2, 0.25) is 0 Å². The lowest BCUT2D eigenvalue weighted by molar-refractivity contribution is -0.870. The van der Waals surface area contributed by atoms with Gasteiger partial charge < -0.3 is 18.9 Å². The zero-order valence-corrected chi connectivity index (χ0v) is 23.7. The van der Waals surface area contributed by atoms with Crippen molar-refractivity contribution >= 4 is 19.8 Å². The highest BCUT2D eigenvalue weighted by atomic mass is 31.2. The van der Waals surface area contributed by atoms with Gasteiger partial charge in [-0.3, -0.25) is 18.6 Å². The Labute approximate surface area is 213 Å². The summed E-state index contributed by atoms with van der Waals surface area (Å²) in [5, 5.41) is 0. The van der Waals surface area contributed by atoms with Crippen LogP contribution in [0.15, 0.2) is 0 Å². The number of ether oxygens (including phenoxy) is 2. The van der Waals surface area contributed by atoms with Gasteiger partial charge in [0.25, 0.3) is 0 Å². The molecule has 9 nitrogen and oxygen atoms in total. The summed E-state index contributed by atoms with van der Waals surface area (Å²) < 4.78 is 33.2. The van der Waals surface area contributed by atoms with Crippen LogP contribution >= 0.6 is 7.82 Å². The molecule has 0 aliphatic carbocycles. The Hall–Kier alpha value is -0.990. The van der Waals surface area contributed by atoms with Gasteiger partial charge in [0.15, 0.2) is 6.10 Å². The first-order chi connectivity index (χ1) is 16.5. The summed E-state index contributed by atoms with van der Waals surface area (Å²) in [6, 6.07) is 0. The molecule has 0 saturated heterocycles. The highest BCUT2D eigenvalue weighted by molar-refractivity contribution is 7.47. The van der Waals surface area contributed by atoms with Crippen LogP contribution in [0.25, 0.3) is 0 Å². The van der Waals surface area contributed by atoms with Crippen molar-refractivity contribution in [2.45, 2.75) is 103 Å². The van der Waals surface area contributed by atoms with Crippen molar-refractivity contribution in [1.82, 2.24) is 0 Å². The Morgan fingerprint density at radius 2 is 1.34 bits per heavy atom. The summed E-state index contributed by atoms with van der Waals surface area (Å²) in [5.41, 5.74) is 0. The number of carbonyl (C=O) groups excluding carboxylic acids is 2. The maximum absolute atomic E-state index is 12.3. The van der Waals surface area contributed by atoms with Gasteiger partial charge in [-0.15, -0.1) is 0 Å². The summed E-state index contributed by atoms with van der Waals surface area (Å²) in [6.07, 6.45) is 11.7. The largest absolute Gasteiger partial charge is 0.472 e. The molecule has 10 heteroatoms. The molecule has 0 aliphatic rings. The standard InChI is InChI=1S/C25H50NO8P/c1-6-8-9-10-11-12-13-14-15-16-18-25(28)34-23(21-31-24(27)17-7-2)22-33-35(29,30)32-20-19-26(3,4)5/h23H,6-22H2,1-5H3/p+1. The van der Waals surface area contributed by atoms with Crippen molar-refractivity contribution in [3.63, 3.8) is 0 Å². The first-order valence-corrected chi connectivity index (χ1v) is 14.8. The number of phosphoric ester groups is 1. The molecule has 35 heavy (non-hydrogen) atoms. The van der Waals surface area contributed by atoms with E-state index in [0.29, 0.717) is 23.9 Å². The fraction of sp³-hybridized carbons (Fsp3) is 0.920. The monoisotopic (exact) mass is 524 g/mol. The SMILES string of the molecule is CCCCCCCCCCCCC(=O)OC(COC(=O)CCC)COP(=O)(O)OCC[N+](C)(C)C. The van der Waals surface area contributed by atoms with E-state index in [2.05, 4.69) is 6.92 Å². The third-order valence-corrected chi connectivity index (χ3v) is 6.34. The van der Waals surface area contributed by atoms with E-state index in [1.807, 2.05) is 28.1 Å². The molecule has 2 atom stereocenters. The number of phosphoric acid groups is 1. The number of rotatable bonds is 23. The second-order valence-electron chi connectivity index (χ2n) is 10.1. The van der Waals surface area contributed by atoms with E-state index in [0.717, 1.165) is 12.8 Å². The van der Waals surface area contributed by atoms with E-state index in [-0.39, 0.29) is 26.1 Å². The molecule has 0 amide bonds. The van der Waals surface area contributed by atoms with Crippen molar-refractivity contribution in [3.8, 4) is 0 Å². The number of quaternary nitrogens is 1. The van der Waals surface area contributed by atoms with Crippen LogP contribution in [-0.4, -0.2) is 74.9 Å². The highest BCUT2D eigenvalue weighted by Gasteiger charge is 2.26. The normalized spacial score (nSPS) is 14.3.